The van der Waals surface area contributed by atoms with Gasteiger partial charge in [-0.3, -0.25) is 10.1 Å². The van der Waals surface area contributed by atoms with Crippen molar-refractivity contribution < 1.29 is 18.8 Å². The molecule has 7 heteroatoms. The van der Waals surface area contributed by atoms with Gasteiger partial charge in [0.1, 0.15) is 0 Å². The van der Waals surface area contributed by atoms with Crippen molar-refractivity contribution in [2.45, 2.75) is 25.3 Å². The summed E-state index contributed by atoms with van der Waals surface area (Å²) < 4.78 is 25.9. The third kappa shape index (κ3) is 3.05. The van der Waals surface area contributed by atoms with E-state index in [1.807, 2.05) is 23.1 Å². The molecule has 2 aromatic rings. The van der Waals surface area contributed by atoms with Crippen molar-refractivity contribution in [3.8, 4) is 11.5 Å². The van der Waals surface area contributed by atoms with Crippen molar-refractivity contribution in [3.63, 3.8) is 0 Å². The molecule has 2 aliphatic rings. The van der Waals surface area contributed by atoms with Crippen LogP contribution in [0, 0.1) is 15.9 Å². The first-order valence-electron chi connectivity index (χ1n) is 8.73. The van der Waals surface area contributed by atoms with Crippen molar-refractivity contribution in [1.29, 1.82) is 0 Å². The number of nitro groups is 1. The lowest BCUT2D eigenvalue weighted by molar-refractivity contribution is -0.385. The van der Waals surface area contributed by atoms with Gasteiger partial charge >= 0.3 is 0 Å². The maximum absolute atomic E-state index is 14.5. The van der Waals surface area contributed by atoms with Crippen LogP contribution in [0.3, 0.4) is 0 Å². The molecule has 2 heterocycles. The molecule has 6 nitrogen and oxygen atoms in total. The van der Waals surface area contributed by atoms with Crippen molar-refractivity contribution >= 4 is 11.4 Å². The Labute approximate surface area is 150 Å². The van der Waals surface area contributed by atoms with Crippen LogP contribution in [0.2, 0.25) is 0 Å². The number of halogens is 1. The molecule has 2 aliphatic heterocycles. The van der Waals surface area contributed by atoms with Gasteiger partial charge in [-0.2, -0.15) is 0 Å². The highest BCUT2D eigenvalue weighted by Gasteiger charge is 2.29. The minimum Gasteiger partial charge on any atom is -0.490 e. The average molecular weight is 358 g/mol. The van der Waals surface area contributed by atoms with Crippen LogP contribution in [-0.2, 0) is 0 Å². The number of rotatable bonds is 3. The standard InChI is InChI=1S/C19H19FN2O4/c20-15-12-14(22(23)24)5-6-17(15)21-8-1-3-16(21)13-4-7-18-19(11-13)26-10-2-9-25-18/h4-7,11-12,16H,1-3,8-10H2/t16-/m1/s1. The molecule has 0 spiro atoms. The quantitative estimate of drug-likeness (QED) is 0.607. The monoisotopic (exact) mass is 358 g/mol. The Bertz CT molecular complexity index is 842. The van der Waals surface area contributed by atoms with Crippen molar-refractivity contribution in [1.82, 2.24) is 0 Å². The highest BCUT2D eigenvalue weighted by atomic mass is 19.1. The van der Waals surface area contributed by atoms with E-state index in [9.17, 15) is 14.5 Å². The summed E-state index contributed by atoms with van der Waals surface area (Å²) in [6, 6.07) is 9.68. The van der Waals surface area contributed by atoms with Crippen LogP contribution >= 0.6 is 0 Å². The number of nitrogens with zero attached hydrogens (tertiary/aromatic N) is 2. The normalized spacial score (nSPS) is 19.3. The van der Waals surface area contributed by atoms with E-state index >= 15 is 0 Å². The second-order valence-corrected chi connectivity index (χ2v) is 6.50. The van der Waals surface area contributed by atoms with Gasteiger partial charge < -0.3 is 14.4 Å². The van der Waals surface area contributed by atoms with Gasteiger partial charge in [0.15, 0.2) is 17.3 Å². The number of fused-ring (bicyclic) bond motifs is 1. The first-order chi connectivity index (χ1) is 12.6. The zero-order chi connectivity index (χ0) is 18.1. The first kappa shape index (κ1) is 16.6. The molecule has 0 aliphatic carbocycles. The maximum Gasteiger partial charge on any atom is 0.272 e. The Morgan fingerprint density at radius 2 is 1.88 bits per heavy atom. The molecule has 0 bridgehead atoms. The molecule has 26 heavy (non-hydrogen) atoms. The van der Waals surface area contributed by atoms with Gasteiger partial charge in [0.2, 0.25) is 0 Å². The summed E-state index contributed by atoms with van der Waals surface area (Å²) in [5.74, 6) is 0.883. The molecule has 1 saturated heterocycles. The van der Waals surface area contributed by atoms with E-state index in [1.165, 1.54) is 12.1 Å². The summed E-state index contributed by atoms with van der Waals surface area (Å²) in [4.78, 5) is 12.2. The van der Waals surface area contributed by atoms with Gasteiger partial charge in [-0.1, -0.05) is 6.07 Å². The van der Waals surface area contributed by atoms with Gasteiger partial charge in [-0.15, -0.1) is 0 Å². The lowest BCUT2D eigenvalue weighted by Crippen LogP contribution is -2.23. The molecule has 0 aromatic heterocycles. The van der Waals surface area contributed by atoms with E-state index in [-0.39, 0.29) is 11.7 Å². The Balaban J connectivity index is 1.65. The summed E-state index contributed by atoms with van der Waals surface area (Å²) in [6.45, 7) is 1.95. The smallest absolute Gasteiger partial charge is 0.272 e. The van der Waals surface area contributed by atoms with Crippen LogP contribution in [0.25, 0.3) is 0 Å². The number of non-ortho nitro benzene ring substituents is 1. The minimum absolute atomic E-state index is 0.00288. The second kappa shape index (κ2) is 6.82. The predicted molar refractivity (Wildman–Crippen MR) is 94.4 cm³/mol. The third-order valence-corrected chi connectivity index (χ3v) is 4.86. The number of anilines is 1. The van der Waals surface area contributed by atoms with Crippen molar-refractivity contribution in [3.05, 3.63) is 57.9 Å². The number of benzene rings is 2. The summed E-state index contributed by atoms with van der Waals surface area (Å²) in [5, 5.41) is 10.8. The average Bonchev–Trinajstić information content (AvgIpc) is 2.99. The Hall–Kier alpha value is -2.83. The van der Waals surface area contributed by atoms with E-state index in [2.05, 4.69) is 0 Å². The van der Waals surface area contributed by atoms with Crippen LogP contribution in [0.5, 0.6) is 11.5 Å². The number of hydrogen-bond donors (Lipinski definition) is 0. The van der Waals surface area contributed by atoms with Crippen molar-refractivity contribution in [2.24, 2.45) is 0 Å². The largest absolute Gasteiger partial charge is 0.490 e. The molecule has 4 rings (SSSR count). The molecule has 0 N–H and O–H groups in total. The Morgan fingerprint density at radius 3 is 2.65 bits per heavy atom. The Kier molecular flexibility index (Phi) is 4.36. The minimum atomic E-state index is -0.585. The molecule has 1 fully saturated rings. The Morgan fingerprint density at radius 1 is 1.08 bits per heavy atom. The van der Waals surface area contributed by atoms with Gasteiger partial charge in [-0.05, 0) is 36.6 Å². The molecule has 0 unspecified atom stereocenters. The van der Waals surface area contributed by atoms with E-state index in [0.29, 0.717) is 25.4 Å². The van der Waals surface area contributed by atoms with Crippen LogP contribution in [0.4, 0.5) is 15.8 Å². The van der Waals surface area contributed by atoms with Crippen LogP contribution in [-0.4, -0.2) is 24.7 Å². The summed E-state index contributed by atoms with van der Waals surface area (Å²) in [5.41, 5.74) is 1.19. The number of hydrogen-bond acceptors (Lipinski definition) is 5. The van der Waals surface area contributed by atoms with Gasteiger partial charge in [0, 0.05) is 19.0 Å². The molecule has 0 radical (unpaired) electrons. The maximum atomic E-state index is 14.5. The second-order valence-electron chi connectivity index (χ2n) is 6.50. The first-order valence-corrected chi connectivity index (χ1v) is 8.73. The summed E-state index contributed by atoms with van der Waals surface area (Å²) in [7, 11) is 0. The molecule has 136 valence electrons. The molecular weight excluding hydrogens is 339 g/mol. The fourth-order valence-corrected chi connectivity index (χ4v) is 3.63. The lowest BCUT2D eigenvalue weighted by atomic mass is 10.0. The van der Waals surface area contributed by atoms with E-state index in [4.69, 9.17) is 9.47 Å². The fourth-order valence-electron chi connectivity index (χ4n) is 3.63. The van der Waals surface area contributed by atoms with Gasteiger partial charge in [-0.25, -0.2) is 4.39 Å². The zero-order valence-corrected chi connectivity index (χ0v) is 14.2. The van der Waals surface area contributed by atoms with Crippen LogP contribution in [0.1, 0.15) is 30.9 Å². The molecule has 0 amide bonds. The number of nitro benzene ring substituents is 1. The molecule has 1 atom stereocenters. The van der Waals surface area contributed by atoms with Crippen LogP contribution < -0.4 is 14.4 Å². The third-order valence-electron chi connectivity index (χ3n) is 4.86. The van der Waals surface area contributed by atoms with E-state index in [0.717, 1.165) is 42.4 Å². The molecule has 2 aromatic carbocycles. The van der Waals surface area contributed by atoms with Crippen molar-refractivity contribution in [2.75, 3.05) is 24.7 Å². The van der Waals surface area contributed by atoms with Gasteiger partial charge in [0.25, 0.3) is 5.69 Å². The SMILES string of the molecule is O=[N+]([O-])c1ccc(N2CCC[C@@H]2c2ccc3c(c2)OCCCO3)c(F)c1. The van der Waals surface area contributed by atoms with Gasteiger partial charge in [0.05, 0.1) is 35.9 Å². The molecular formula is C19H19FN2O4. The summed E-state index contributed by atoms with van der Waals surface area (Å²) in [6.07, 6.45) is 2.65. The lowest BCUT2D eigenvalue weighted by Gasteiger charge is -2.28. The zero-order valence-electron chi connectivity index (χ0n) is 14.2. The molecule has 0 saturated carbocycles. The number of ether oxygens (including phenoxy) is 2. The van der Waals surface area contributed by atoms with E-state index in [1.54, 1.807) is 0 Å². The predicted octanol–water partition coefficient (Wildman–Crippen LogP) is 4.24. The topological polar surface area (TPSA) is 64.8 Å². The summed E-state index contributed by atoms with van der Waals surface area (Å²) >= 11 is 0. The fraction of sp³-hybridized carbons (Fsp3) is 0.368. The van der Waals surface area contributed by atoms with E-state index < -0.39 is 10.7 Å². The van der Waals surface area contributed by atoms with Crippen LogP contribution in [0.15, 0.2) is 36.4 Å². The highest BCUT2D eigenvalue weighted by Crippen LogP contribution is 2.41. The highest BCUT2D eigenvalue weighted by molar-refractivity contribution is 5.56.